The minimum atomic E-state index is -0.103. The molecule has 0 aliphatic rings. The summed E-state index contributed by atoms with van der Waals surface area (Å²) < 4.78 is 0. The van der Waals surface area contributed by atoms with Crippen LogP contribution in [0.2, 0.25) is 10.0 Å². The summed E-state index contributed by atoms with van der Waals surface area (Å²) in [5.41, 5.74) is 0.422. The fourth-order valence-corrected chi connectivity index (χ4v) is 1.10. The highest BCUT2D eigenvalue weighted by Gasteiger charge is 2.03. The highest BCUT2D eigenvalue weighted by Crippen LogP contribution is 2.29. The number of phenols is 1. The largest absolute Gasteiger partial charge is 0.506 e. The fraction of sp³-hybridized carbons (Fsp3) is 0. The van der Waals surface area contributed by atoms with E-state index < -0.39 is 0 Å². The van der Waals surface area contributed by atoms with Gasteiger partial charge in [0.05, 0.1) is 10.0 Å². The van der Waals surface area contributed by atoms with Gasteiger partial charge in [-0.1, -0.05) is 23.2 Å². The molecule has 0 heterocycles. The van der Waals surface area contributed by atoms with Crippen molar-refractivity contribution >= 4 is 23.2 Å². The molecule has 13 heavy (non-hydrogen) atoms. The number of aromatic hydroxyl groups is 1. The Bertz CT molecular complexity index is 437. The molecule has 1 N–H and O–H groups in total. The topological polar surface area (TPSA) is 44.0 Å². The van der Waals surface area contributed by atoms with Gasteiger partial charge in [0.2, 0.25) is 0 Å². The van der Waals surface area contributed by atoms with Crippen LogP contribution in [0.5, 0.6) is 5.75 Å². The Morgan fingerprint density at radius 2 is 1.92 bits per heavy atom. The van der Waals surface area contributed by atoms with Crippen LogP contribution in [-0.2, 0) is 0 Å². The maximum atomic E-state index is 9.12. The summed E-state index contributed by atoms with van der Waals surface area (Å²) in [5, 5.41) is 17.7. The molecule has 1 rings (SSSR count). The summed E-state index contributed by atoms with van der Waals surface area (Å²) in [7, 11) is 0. The van der Waals surface area contributed by atoms with E-state index >= 15 is 0 Å². The zero-order valence-electron chi connectivity index (χ0n) is 6.31. The van der Waals surface area contributed by atoms with E-state index in [2.05, 4.69) is 11.8 Å². The smallest absolute Gasteiger partial charge is 0.152 e. The SMILES string of the molecule is N#CC#Cc1cc(Cl)c(O)cc1Cl. The second-order valence-corrected chi connectivity index (χ2v) is 2.96. The van der Waals surface area contributed by atoms with Crippen LogP contribution in [0, 0.1) is 23.2 Å². The van der Waals surface area contributed by atoms with Crippen LogP contribution in [0.4, 0.5) is 0 Å². The number of nitrogens with zero attached hydrogens (tertiary/aromatic N) is 1. The Balaban J connectivity index is 3.25. The van der Waals surface area contributed by atoms with Gasteiger partial charge < -0.3 is 5.11 Å². The van der Waals surface area contributed by atoms with Crippen LogP contribution in [0.3, 0.4) is 0 Å². The van der Waals surface area contributed by atoms with Gasteiger partial charge in [0.15, 0.2) is 6.07 Å². The maximum Gasteiger partial charge on any atom is 0.152 e. The van der Waals surface area contributed by atoms with E-state index in [0.717, 1.165) is 0 Å². The lowest BCUT2D eigenvalue weighted by Gasteiger charge is -1.99. The van der Waals surface area contributed by atoms with Crippen molar-refractivity contribution in [1.82, 2.24) is 0 Å². The summed E-state index contributed by atoms with van der Waals surface area (Å²) in [6.07, 6.45) is 0. The molecule has 64 valence electrons. The first-order valence-corrected chi connectivity index (χ1v) is 3.99. The lowest BCUT2D eigenvalue weighted by Crippen LogP contribution is -1.78. The van der Waals surface area contributed by atoms with Gasteiger partial charge in [0, 0.05) is 17.6 Å². The lowest BCUT2D eigenvalue weighted by atomic mass is 10.2. The van der Waals surface area contributed by atoms with Crippen molar-refractivity contribution in [2.45, 2.75) is 0 Å². The van der Waals surface area contributed by atoms with E-state index in [1.54, 1.807) is 6.07 Å². The normalized spacial score (nSPS) is 8.38. The highest BCUT2D eigenvalue weighted by atomic mass is 35.5. The number of rotatable bonds is 0. The number of benzene rings is 1. The van der Waals surface area contributed by atoms with Gasteiger partial charge in [-0.2, -0.15) is 5.26 Å². The van der Waals surface area contributed by atoms with Gasteiger partial charge in [-0.25, -0.2) is 0 Å². The number of phenolic OH excluding ortho intramolecular Hbond substituents is 1. The second-order valence-electron chi connectivity index (χ2n) is 2.15. The van der Waals surface area contributed by atoms with Crippen LogP contribution >= 0.6 is 23.2 Å². The number of nitriles is 1. The van der Waals surface area contributed by atoms with Crippen molar-refractivity contribution in [1.29, 1.82) is 5.26 Å². The monoisotopic (exact) mass is 211 g/mol. The molecule has 1 aromatic carbocycles. The van der Waals surface area contributed by atoms with Gasteiger partial charge in [-0.05, 0) is 12.0 Å². The molecule has 0 atom stereocenters. The van der Waals surface area contributed by atoms with E-state index in [0.29, 0.717) is 5.56 Å². The molecule has 1 aromatic rings. The third-order valence-corrected chi connectivity index (χ3v) is 1.91. The Labute approximate surface area is 85.3 Å². The Morgan fingerprint density at radius 3 is 2.54 bits per heavy atom. The number of halogens is 2. The first kappa shape index (κ1) is 9.74. The van der Waals surface area contributed by atoms with Gasteiger partial charge in [-0.3, -0.25) is 0 Å². The number of hydrogen-bond acceptors (Lipinski definition) is 2. The zero-order chi connectivity index (χ0) is 9.84. The third kappa shape index (κ3) is 2.29. The molecule has 0 aliphatic carbocycles. The van der Waals surface area contributed by atoms with E-state index in [4.69, 9.17) is 33.6 Å². The molecule has 0 fully saturated rings. The average Bonchev–Trinajstić information content (AvgIpc) is 2.09. The molecule has 0 aromatic heterocycles. The van der Waals surface area contributed by atoms with Crippen molar-refractivity contribution in [2.75, 3.05) is 0 Å². The Morgan fingerprint density at radius 1 is 1.23 bits per heavy atom. The van der Waals surface area contributed by atoms with Crippen molar-refractivity contribution in [3.8, 4) is 23.7 Å². The van der Waals surface area contributed by atoms with Gasteiger partial charge >= 0.3 is 0 Å². The Hall–Kier alpha value is -1.35. The molecule has 4 heteroatoms. The van der Waals surface area contributed by atoms with Crippen LogP contribution < -0.4 is 0 Å². The molecule has 0 saturated carbocycles. The van der Waals surface area contributed by atoms with Crippen molar-refractivity contribution in [3.63, 3.8) is 0 Å². The van der Waals surface area contributed by atoms with Crippen LogP contribution in [0.25, 0.3) is 0 Å². The lowest BCUT2D eigenvalue weighted by molar-refractivity contribution is 0.475. The van der Waals surface area contributed by atoms with Crippen LogP contribution in [-0.4, -0.2) is 5.11 Å². The van der Waals surface area contributed by atoms with Crippen molar-refractivity contribution in [2.24, 2.45) is 0 Å². The summed E-state index contributed by atoms with van der Waals surface area (Å²) in [6.45, 7) is 0. The summed E-state index contributed by atoms with van der Waals surface area (Å²) in [5.74, 6) is 4.57. The molecule has 2 nitrogen and oxygen atoms in total. The van der Waals surface area contributed by atoms with E-state index in [1.807, 2.05) is 0 Å². The molecule has 0 unspecified atom stereocenters. The van der Waals surface area contributed by atoms with Crippen molar-refractivity contribution in [3.05, 3.63) is 27.7 Å². The minimum Gasteiger partial charge on any atom is -0.506 e. The van der Waals surface area contributed by atoms with Crippen LogP contribution in [0.15, 0.2) is 12.1 Å². The fourth-order valence-electron chi connectivity index (χ4n) is 0.727. The molecule has 0 bridgehead atoms. The first-order valence-electron chi connectivity index (χ1n) is 3.23. The van der Waals surface area contributed by atoms with E-state index in [9.17, 15) is 0 Å². The predicted molar refractivity (Wildman–Crippen MR) is 50.6 cm³/mol. The van der Waals surface area contributed by atoms with Gasteiger partial charge in [-0.15, -0.1) is 0 Å². The third-order valence-electron chi connectivity index (χ3n) is 1.29. The van der Waals surface area contributed by atoms with E-state index in [-0.39, 0.29) is 15.8 Å². The molecular weight excluding hydrogens is 209 g/mol. The Kier molecular flexibility index (Phi) is 3.03. The molecule has 0 spiro atoms. The quantitative estimate of drug-likeness (QED) is 0.671. The van der Waals surface area contributed by atoms with Crippen LogP contribution in [0.1, 0.15) is 5.56 Å². The maximum absolute atomic E-state index is 9.12. The summed E-state index contributed by atoms with van der Waals surface area (Å²) in [4.78, 5) is 0. The summed E-state index contributed by atoms with van der Waals surface area (Å²) in [6, 6.07) is 4.34. The zero-order valence-corrected chi connectivity index (χ0v) is 7.82. The molecule has 0 aliphatic heterocycles. The average molecular weight is 212 g/mol. The van der Waals surface area contributed by atoms with Gasteiger partial charge in [0.25, 0.3) is 0 Å². The highest BCUT2D eigenvalue weighted by molar-refractivity contribution is 6.35. The number of hydrogen-bond donors (Lipinski definition) is 1. The van der Waals surface area contributed by atoms with E-state index in [1.165, 1.54) is 12.1 Å². The predicted octanol–water partition coefficient (Wildman–Crippen LogP) is 2.57. The molecule has 0 saturated heterocycles. The molecule has 0 amide bonds. The standard InChI is InChI=1S/C9H3Cl2NO/c10-7-5-9(13)8(11)4-6(7)2-1-3-12/h4-5,13H. The van der Waals surface area contributed by atoms with Crippen molar-refractivity contribution < 1.29 is 5.11 Å². The first-order chi connectivity index (χ1) is 6.15. The minimum absolute atomic E-state index is 0.103. The van der Waals surface area contributed by atoms with Gasteiger partial charge in [0.1, 0.15) is 5.75 Å². The molecular formula is C9H3Cl2NO. The molecule has 0 radical (unpaired) electrons. The second kappa shape index (κ2) is 4.05. The summed E-state index contributed by atoms with van der Waals surface area (Å²) >= 11 is 11.3.